The van der Waals surface area contributed by atoms with E-state index < -0.39 is 23.2 Å². The molecular formula is C16H20FNO5. The fourth-order valence-corrected chi connectivity index (χ4v) is 2.59. The highest BCUT2D eigenvalue weighted by molar-refractivity contribution is 5.79. The minimum absolute atomic E-state index is 0.000544. The molecule has 23 heavy (non-hydrogen) atoms. The van der Waals surface area contributed by atoms with Gasteiger partial charge in [0.25, 0.3) is 5.91 Å². The van der Waals surface area contributed by atoms with Crippen molar-refractivity contribution in [2.75, 3.05) is 19.8 Å². The van der Waals surface area contributed by atoms with Crippen LogP contribution in [0.4, 0.5) is 4.39 Å². The fraction of sp³-hybridized carbons (Fsp3) is 0.500. The van der Waals surface area contributed by atoms with E-state index in [0.717, 1.165) is 5.56 Å². The first kappa shape index (κ1) is 17.2. The van der Waals surface area contributed by atoms with Crippen LogP contribution in [-0.2, 0) is 14.3 Å². The van der Waals surface area contributed by atoms with Crippen LogP contribution in [0.25, 0.3) is 0 Å². The van der Waals surface area contributed by atoms with Crippen LogP contribution >= 0.6 is 0 Å². The SMILES string of the molecule is Cc1ccc(F)c(OCC(=O)NC2(CC(=O)O)CCOCC2)c1. The molecule has 1 aromatic rings. The van der Waals surface area contributed by atoms with E-state index >= 15 is 0 Å². The second-order valence-corrected chi connectivity index (χ2v) is 5.73. The predicted octanol–water partition coefficient (Wildman–Crippen LogP) is 1.65. The Balaban J connectivity index is 1.96. The van der Waals surface area contributed by atoms with Gasteiger partial charge in [0.1, 0.15) is 0 Å². The van der Waals surface area contributed by atoms with Gasteiger partial charge in [-0.1, -0.05) is 6.07 Å². The van der Waals surface area contributed by atoms with Crippen molar-refractivity contribution in [1.82, 2.24) is 5.32 Å². The standard InChI is InChI=1S/C16H20FNO5/c1-11-2-3-12(17)13(8-11)23-10-14(19)18-16(9-15(20)21)4-6-22-7-5-16/h2-3,8H,4-7,9-10H2,1H3,(H,18,19)(H,20,21). The number of carbonyl (C=O) groups excluding carboxylic acids is 1. The number of nitrogens with one attached hydrogen (secondary N) is 1. The zero-order valence-electron chi connectivity index (χ0n) is 12.9. The molecule has 0 aromatic heterocycles. The van der Waals surface area contributed by atoms with Crippen molar-refractivity contribution in [3.8, 4) is 5.75 Å². The lowest BCUT2D eigenvalue weighted by atomic mass is 9.86. The molecule has 7 heteroatoms. The van der Waals surface area contributed by atoms with Gasteiger partial charge in [-0.3, -0.25) is 9.59 Å². The monoisotopic (exact) mass is 325 g/mol. The van der Waals surface area contributed by atoms with Crippen molar-refractivity contribution in [2.45, 2.75) is 31.7 Å². The molecule has 0 spiro atoms. The van der Waals surface area contributed by atoms with E-state index in [2.05, 4.69) is 5.32 Å². The van der Waals surface area contributed by atoms with Gasteiger partial charge in [-0.05, 0) is 37.5 Å². The first-order valence-corrected chi connectivity index (χ1v) is 7.40. The highest BCUT2D eigenvalue weighted by atomic mass is 19.1. The Morgan fingerprint density at radius 2 is 2.09 bits per heavy atom. The second-order valence-electron chi connectivity index (χ2n) is 5.73. The molecule has 126 valence electrons. The Morgan fingerprint density at radius 3 is 2.74 bits per heavy atom. The molecule has 0 atom stereocenters. The van der Waals surface area contributed by atoms with Gasteiger partial charge in [0.05, 0.1) is 12.0 Å². The molecule has 0 radical (unpaired) electrons. The number of halogens is 1. The number of aliphatic carboxylic acids is 1. The van der Waals surface area contributed by atoms with E-state index in [1.165, 1.54) is 12.1 Å². The maximum absolute atomic E-state index is 13.6. The Hall–Kier alpha value is -2.15. The Labute approximate surface area is 133 Å². The molecule has 1 aliphatic rings. The minimum Gasteiger partial charge on any atom is -0.481 e. The van der Waals surface area contributed by atoms with Gasteiger partial charge in [0.2, 0.25) is 0 Å². The normalized spacial score (nSPS) is 16.6. The summed E-state index contributed by atoms with van der Waals surface area (Å²) in [4.78, 5) is 23.1. The zero-order valence-corrected chi connectivity index (χ0v) is 12.9. The average Bonchev–Trinajstić information content (AvgIpc) is 2.48. The van der Waals surface area contributed by atoms with Gasteiger partial charge < -0.3 is 19.9 Å². The van der Waals surface area contributed by atoms with Crippen LogP contribution in [-0.4, -0.2) is 42.3 Å². The number of carboxylic acids is 1. The Kier molecular flexibility index (Phi) is 5.54. The van der Waals surface area contributed by atoms with E-state index in [9.17, 15) is 14.0 Å². The van der Waals surface area contributed by atoms with Gasteiger partial charge in [-0.25, -0.2) is 4.39 Å². The van der Waals surface area contributed by atoms with E-state index in [1.54, 1.807) is 13.0 Å². The highest BCUT2D eigenvalue weighted by Crippen LogP contribution is 2.25. The van der Waals surface area contributed by atoms with Crippen LogP contribution in [0.3, 0.4) is 0 Å². The molecule has 1 aliphatic heterocycles. The lowest BCUT2D eigenvalue weighted by molar-refractivity contribution is -0.140. The number of rotatable bonds is 6. The van der Waals surface area contributed by atoms with Gasteiger partial charge in [-0.15, -0.1) is 0 Å². The third kappa shape index (κ3) is 4.92. The highest BCUT2D eigenvalue weighted by Gasteiger charge is 2.36. The molecule has 2 N–H and O–H groups in total. The predicted molar refractivity (Wildman–Crippen MR) is 79.8 cm³/mol. The number of hydrogen-bond acceptors (Lipinski definition) is 4. The molecule has 6 nitrogen and oxygen atoms in total. The topological polar surface area (TPSA) is 84.9 Å². The summed E-state index contributed by atoms with van der Waals surface area (Å²) in [6, 6.07) is 4.38. The van der Waals surface area contributed by atoms with E-state index in [1.807, 2.05) is 0 Å². The van der Waals surface area contributed by atoms with Crippen molar-refractivity contribution >= 4 is 11.9 Å². The van der Waals surface area contributed by atoms with Crippen molar-refractivity contribution in [2.24, 2.45) is 0 Å². The van der Waals surface area contributed by atoms with Gasteiger partial charge in [0, 0.05) is 13.2 Å². The third-order valence-corrected chi connectivity index (χ3v) is 3.79. The first-order valence-electron chi connectivity index (χ1n) is 7.40. The number of hydrogen-bond donors (Lipinski definition) is 2. The van der Waals surface area contributed by atoms with Gasteiger partial charge in [0.15, 0.2) is 18.2 Å². The van der Waals surface area contributed by atoms with Crippen LogP contribution in [0.15, 0.2) is 18.2 Å². The lowest BCUT2D eigenvalue weighted by Gasteiger charge is -2.36. The molecule has 1 heterocycles. The summed E-state index contributed by atoms with van der Waals surface area (Å²) in [6.45, 7) is 2.20. The Morgan fingerprint density at radius 1 is 1.39 bits per heavy atom. The summed E-state index contributed by atoms with van der Waals surface area (Å²) in [5.74, 6) is -2.01. The largest absolute Gasteiger partial charge is 0.481 e. The Bertz CT molecular complexity index is 584. The number of carbonyl (C=O) groups is 2. The van der Waals surface area contributed by atoms with E-state index in [4.69, 9.17) is 14.6 Å². The summed E-state index contributed by atoms with van der Waals surface area (Å²) < 4.78 is 24.0. The number of ether oxygens (including phenoxy) is 2. The molecule has 0 saturated carbocycles. The minimum atomic E-state index is -0.988. The molecule has 1 amide bonds. The van der Waals surface area contributed by atoms with E-state index in [0.29, 0.717) is 26.1 Å². The van der Waals surface area contributed by atoms with Crippen LogP contribution < -0.4 is 10.1 Å². The van der Waals surface area contributed by atoms with Crippen LogP contribution in [0.5, 0.6) is 5.75 Å². The van der Waals surface area contributed by atoms with Crippen molar-refractivity contribution in [3.63, 3.8) is 0 Å². The molecule has 0 bridgehead atoms. The number of aryl methyl sites for hydroxylation is 1. The number of carboxylic acid groups (broad SMARTS) is 1. The zero-order chi connectivity index (χ0) is 16.9. The molecule has 1 fully saturated rings. The summed E-state index contributed by atoms with van der Waals surface area (Å²) >= 11 is 0. The van der Waals surface area contributed by atoms with Crippen molar-refractivity contribution < 1.29 is 28.6 Å². The van der Waals surface area contributed by atoms with Crippen molar-refractivity contribution in [3.05, 3.63) is 29.6 Å². The quantitative estimate of drug-likeness (QED) is 0.831. The second kappa shape index (κ2) is 7.41. The first-order chi connectivity index (χ1) is 10.9. The molecule has 2 rings (SSSR count). The van der Waals surface area contributed by atoms with E-state index in [-0.39, 0.29) is 18.8 Å². The molecular weight excluding hydrogens is 305 g/mol. The summed E-state index contributed by atoms with van der Waals surface area (Å²) in [7, 11) is 0. The third-order valence-electron chi connectivity index (χ3n) is 3.79. The van der Waals surface area contributed by atoms with Crippen LogP contribution in [0, 0.1) is 12.7 Å². The number of amides is 1. The molecule has 0 aliphatic carbocycles. The summed E-state index contributed by atoms with van der Waals surface area (Å²) in [6.07, 6.45) is 0.661. The maximum Gasteiger partial charge on any atom is 0.305 e. The van der Waals surface area contributed by atoms with Crippen LogP contribution in [0.2, 0.25) is 0 Å². The van der Waals surface area contributed by atoms with Crippen molar-refractivity contribution in [1.29, 1.82) is 0 Å². The van der Waals surface area contributed by atoms with Crippen LogP contribution in [0.1, 0.15) is 24.8 Å². The molecule has 1 aromatic carbocycles. The summed E-state index contributed by atoms with van der Waals surface area (Å²) in [5.41, 5.74) is -0.0241. The fourth-order valence-electron chi connectivity index (χ4n) is 2.59. The van der Waals surface area contributed by atoms with Gasteiger partial charge in [-0.2, -0.15) is 0 Å². The number of benzene rings is 1. The molecule has 1 saturated heterocycles. The van der Waals surface area contributed by atoms with Gasteiger partial charge >= 0.3 is 5.97 Å². The molecule has 0 unspecified atom stereocenters. The summed E-state index contributed by atoms with van der Waals surface area (Å²) in [5, 5.41) is 11.8. The average molecular weight is 325 g/mol. The maximum atomic E-state index is 13.6. The smallest absolute Gasteiger partial charge is 0.305 e. The lowest BCUT2D eigenvalue weighted by Crippen LogP contribution is -2.54.